The molecule has 0 spiro atoms. The minimum absolute atomic E-state index is 0.00220. The van der Waals surface area contributed by atoms with Crippen LogP contribution in [-0.4, -0.2) is 74.7 Å². The number of nitrogens with zero attached hydrogens (tertiary/aromatic N) is 5. The van der Waals surface area contributed by atoms with E-state index in [9.17, 15) is 14.7 Å². The predicted octanol–water partition coefficient (Wildman–Crippen LogP) is 0.643. The molecule has 0 radical (unpaired) electrons. The van der Waals surface area contributed by atoms with Crippen molar-refractivity contribution in [2.24, 2.45) is 0 Å². The summed E-state index contributed by atoms with van der Waals surface area (Å²) in [4.78, 5) is 38.4. The molecule has 1 saturated heterocycles. The van der Waals surface area contributed by atoms with Crippen molar-refractivity contribution in [2.75, 3.05) is 42.1 Å². The van der Waals surface area contributed by atoms with Crippen LogP contribution < -0.4 is 21.1 Å². The number of fused-ring (bicyclic) bond motifs is 1. The predicted molar refractivity (Wildman–Crippen MR) is 130 cm³/mol. The molecule has 0 aromatic carbocycles. The van der Waals surface area contributed by atoms with Gasteiger partial charge in [-0.05, 0) is 50.2 Å². The Morgan fingerprint density at radius 3 is 2.94 bits per heavy atom. The van der Waals surface area contributed by atoms with Gasteiger partial charge in [0.1, 0.15) is 23.6 Å². The van der Waals surface area contributed by atoms with Crippen molar-refractivity contribution in [1.29, 1.82) is 0 Å². The maximum Gasteiger partial charge on any atom is 0.270 e. The average Bonchev–Trinajstić information content (AvgIpc) is 3.23. The molecule has 3 N–H and O–H groups in total. The molecule has 0 bridgehead atoms. The van der Waals surface area contributed by atoms with Gasteiger partial charge in [-0.15, -0.1) is 11.8 Å². The van der Waals surface area contributed by atoms with Crippen LogP contribution in [0.1, 0.15) is 30.3 Å². The van der Waals surface area contributed by atoms with Crippen molar-refractivity contribution in [3.63, 3.8) is 0 Å². The summed E-state index contributed by atoms with van der Waals surface area (Å²) in [5.41, 5.74) is 1.55. The number of aliphatic hydroxyl groups is 1. The van der Waals surface area contributed by atoms with Crippen molar-refractivity contribution in [3.8, 4) is 0 Å². The van der Waals surface area contributed by atoms with Crippen LogP contribution in [0.4, 0.5) is 11.6 Å². The Kier molecular flexibility index (Phi) is 5.64. The highest BCUT2D eigenvalue weighted by molar-refractivity contribution is 8.00. The minimum atomic E-state index is -0.716. The quantitative estimate of drug-likeness (QED) is 0.566. The zero-order valence-corrected chi connectivity index (χ0v) is 19.5. The summed E-state index contributed by atoms with van der Waals surface area (Å²) in [5.74, 6) is 1.84. The normalized spacial score (nSPS) is 24.1. The second kappa shape index (κ2) is 8.81. The summed E-state index contributed by atoms with van der Waals surface area (Å²) in [5, 5.41) is 16.8. The Labute approximate surface area is 201 Å². The van der Waals surface area contributed by atoms with Gasteiger partial charge in [0.05, 0.1) is 28.6 Å². The Bertz CT molecular complexity index is 1210. The number of carbonyl (C=O) groups is 1. The van der Waals surface area contributed by atoms with E-state index < -0.39 is 6.23 Å². The number of likely N-dealkylation sites (tertiary alicyclic amines) is 1. The fourth-order valence-corrected chi connectivity index (χ4v) is 6.00. The molecule has 0 saturated carbocycles. The molecule has 2 atom stereocenters. The lowest BCUT2D eigenvalue weighted by molar-refractivity contribution is -0.113. The largest absolute Gasteiger partial charge is 0.370 e. The number of rotatable bonds is 5. The second-order valence-corrected chi connectivity index (χ2v) is 10.2. The fourth-order valence-electron chi connectivity index (χ4n) is 5.25. The van der Waals surface area contributed by atoms with E-state index in [1.54, 1.807) is 16.7 Å². The molecule has 34 heavy (non-hydrogen) atoms. The summed E-state index contributed by atoms with van der Waals surface area (Å²) >= 11 is 1.52. The van der Waals surface area contributed by atoms with Crippen LogP contribution in [0, 0.1) is 0 Å². The maximum absolute atomic E-state index is 12.6. The topological polar surface area (TPSA) is 116 Å². The van der Waals surface area contributed by atoms with Crippen molar-refractivity contribution in [3.05, 3.63) is 46.1 Å². The van der Waals surface area contributed by atoms with E-state index in [1.165, 1.54) is 18.0 Å². The first-order valence-corrected chi connectivity index (χ1v) is 12.7. The molecular weight excluding hydrogens is 454 g/mol. The summed E-state index contributed by atoms with van der Waals surface area (Å²) in [7, 11) is 0. The molecule has 4 aliphatic rings. The number of hydrogen-bond donors (Lipinski definition) is 3. The van der Waals surface area contributed by atoms with Crippen molar-refractivity contribution in [2.45, 2.75) is 42.6 Å². The molecule has 178 valence electrons. The zero-order valence-electron chi connectivity index (χ0n) is 18.7. The van der Waals surface area contributed by atoms with Crippen LogP contribution in [0.15, 0.2) is 34.1 Å². The number of pyridine rings is 1. The van der Waals surface area contributed by atoms with Crippen LogP contribution in [0.3, 0.4) is 0 Å². The Hall–Kier alpha value is -2.73. The average molecular weight is 482 g/mol. The van der Waals surface area contributed by atoms with Crippen LogP contribution >= 0.6 is 11.8 Å². The number of nitrogens with one attached hydrogen (secondary N) is 2. The molecule has 1 fully saturated rings. The third-order valence-electron chi connectivity index (χ3n) is 6.96. The summed E-state index contributed by atoms with van der Waals surface area (Å²) in [6, 6.07) is 4.44. The zero-order chi connectivity index (χ0) is 23.2. The van der Waals surface area contributed by atoms with E-state index in [1.807, 2.05) is 17.0 Å². The first-order valence-electron chi connectivity index (χ1n) is 11.7. The molecule has 6 heterocycles. The number of aliphatic hydroxyl groups excluding tert-OH is 1. The summed E-state index contributed by atoms with van der Waals surface area (Å²) in [6.45, 7) is 3.94. The van der Waals surface area contributed by atoms with Crippen LogP contribution in [0.25, 0.3) is 6.08 Å². The number of carbonyl (C=O) groups excluding carboxylic acids is 1. The fraction of sp³-hybridized carbons (Fsp3) is 0.478. The number of hydrogen-bond acceptors (Lipinski definition) is 9. The third-order valence-corrected chi connectivity index (χ3v) is 8.01. The number of aromatic nitrogens is 3. The first kappa shape index (κ1) is 21.8. The summed E-state index contributed by atoms with van der Waals surface area (Å²) in [6.07, 6.45) is 6.20. The van der Waals surface area contributed by atoms with Gasteiger partial charge in [0.2, 0.25) is 5.91 Å². The lowest BCUT2D eigenvalue weighted by Gasteiger charge is -2.34. The van der Waals surface area contributed by atoms with Gasteiger partial charge >= 0.3 is 0 Å². The molecule has 11 heteroatoms. The third kappa shape index (κ3) is 4.02. The van der Waals surface area contributed by atoms with Gasteiger partial charge in [0.25, 0.3) is 5.56 Å². The van der Waals surface area contributed by atoms with Gasteiger partial charge in [-0.1, -0.05) is 0 Å². The molecule has 2 aromatic rings. The van der Waals surface area contributed by atoms with Crippen molar-refractivity contribution < 1.29 is 9.90 Å². The monoisotopic (exact) mass is 481 g/mol. The van der Waals surface area contributed by atoms with E-state index in [2.05, 4.69) is 25.5 Å². The molecular formula is C23H27N7O3S. The van der Waals surface area contributed by atoms with Gasteiger partial charge < -0.3 is 25.5 Å². The number of amides is 1. The van der Waals surface area contributed by atoms with E-state index in [4.69, 9.17) is 0 Å². The Morgan fingerprint density at radius 1 is 1.24 bits per heavy atom. The van der Waals surface area contributed by atoms with Gasteiger partial charge in [0.15, 0.2) is 0 Å². The number of thioether (sulfide) groups is 1. The van der Waals surface area contributed by atoms with Gasteiger partial charge in [-0.25, -0.2) is 9.97 Å². The Balaban J connectivity index is 1.04. The van der Waals surface area contributed by atoms with E-state index in [-0.39, 0.29) is 17.5 Å². The molecule has 10 nitrogen and oxygen atoms in total. The van der Waals surface area contributed by atoms with Gasteiger partial charge in [-0.2, -0.15) is 0 Å². The SMILES string of the molecule is O=C1CSc2ccc(CNC3CCN(C[C@@H]4CN5c6c(ncc(=O)n64)C=CC5O)CC3)nc2N1. The Morgan fingerprint density at radius 2 is 2.09 bits per heavy atom. The molecule has 1 unspecified atom stereocenters. The minimum Gasteiger partial charge on any atom is -0.370 e. The van der Waals surface area contributed by atoms with Gasteiger partial charge in [-0.3, -0.25) is 14.2 Å². The highest BCUT2D eigenvalue weighted by atomic mass is 32.2. The number of piperidine rings is 1. The highest BCUT2D eigenvalue weighted by Gasteiger charge is 2.37. The molecule has 2 aromatic heterocycles. The lowest BCUT2D eigenvalue weighted by Crippen LogP contribution is -2.45. The second-order valence-electron chi connectivity index (χ2n) is 9.20. The van der Waals surface area contributed by atoms with E-state index >= 15 is 0 Å². The molecule has 0 aliphatic carbocycles. The standard InChI is InChI=1S/C23H27N7O3S/c31-19-13-34-18-3-1-15(26-22(18)27-19)9-24-14-5-7-28(8-6-14)11-16-12-29-20(32)4-2-17-23(29)30(16)21(33)10-25-17/h1-4,10,14,16,20,24,32H,5-9,11-13H2,(H,26,27,31)/t16-,20?/m1/s1. The van der Waals surface area contributed by atoms with Crippen LogP contribution in [0.2, 0.25) is 0 Å². The van der Waals surface area contributed by atoms with E-state index in [0.29, 0.717) is 30.7 Å². The lowest BCUT2D eigenvalue weighted by atomic mass is 10.0. The maximum atomic E-state index is 12.6. The first-order chi connectivity index (χ1) is 16.5. The van der Waals surface area contributed by atoms with Crippen molar-refractivity contribution in [1.82, 2.24) is 24.8 Å². The molecule has 4 aliphatic heterocycles. The molecule has 1 amide bonds. The molecule has 6 rings (SSSR count). The van der Waals surface area contributed by atoms with Crippen LogP contribution in [-0.2, 0) is 11.3 Å². The van der Waals surface area contributed by atoms with Crippen molar-refractivity contribution >= 4 is 35.4 Å². The number of anilines is 2. The van der Waals surface area contributed by atoms with E-state index in [0.717, 1.165) is 54.6 Å². The summed E-state index contributed by atoms with van der Waals surface area (Å²) < 4.78 is 1.80. The highest BCUT2D eigenvalue weighted by Crippen LogP contribution is 2.35. The smallest absolute Gasteiger partial charge is 0.270 e. The van der Waals surface area contributed by atoms with Crippen LogP contribution in [0.5, 0.6) is 0 Å². The van der Waals surface area contributed by atoms with Gasteiger partial charge in [0, 0.05) is 25.7 Å².